The van der Waals surface area contributed by atoms with E-state index in [1.807, 2.05) is 19.9 Å². The molecule has 0 bridgehead atoms. The van der Waals surface area contributed by atoms with Gasteiger partial charge in [0.1, 0.15) is 17.7 Å². The van der Waals surface area contributed by atoms with Crippen molar-refractivity contribution in [3.8, 4) is 0 Å². The molecular weight excluding hydrogens is 487 g/mol. The fourth-order valence-electron chi connectivity index (χ4n) is 5.19. The molecule has 0 spiro atoms. The molecule has 2 N–H and O–H groups in total. The lowest BCUT2D eigenvalue weighted by atomic mass is 9.80. The number of nitrogens with two attached hydrogens (primary N) is 1. The van der Waals surface area contributed by atoms with Crippen molar-refractivity contribution in [2.45, 2.75) is 52.0 Å². The van der Waals surface area contributed by atoms with Crippen molar-refractivity contribution in [2.24, 2.45) is 13.0 Å². The molecule has 3 aromatic rings. The third-order valence-corrected chi connectivity index (χ3v) is 7.16. The number of carbonyl (C=O) groups is 3. The predicted molar refractivity (Wildman–Crippen MR) is 142 cm³/mol. The minimum atomic E-state index is -1.02. The van der Waals surface area contributed by atoms with Crippen LogP contribution in [0.4, 0.5) is 16.2 Å². The Hall–Kier alpha value is -4.08. The van der Waals surface area contributed by atoms with Crippen LogP contribution in [0.2, 0.25) is 0 Å². The molecule has 0 saturated carbocycles. The monoisotopic (exact) mass is 520 g/mol. The van der Waals surface area contributed by atoms with E-state index < -0.39 is 41.4 Å². The van der Waals surface area contributed by atoms with E-state index >= 15 is 0 Å². The zero-order chi connectivity index (χ0) is 27.7. The molecule has 2 aromatic heterocycles. The molecule has 9 nitrogen and oxygen atoms in total. The maximum Gasteiger partial charge on any atom is 0.253 e. The van der Waals surface area contributed by atoms with Crippen molar-refractivity contribution in [3.63, 3.8) is 0 Å². The number of anilines is 2. The molecule has 10 heteroatoms. The number of β-lactam (4-membered cyclic amide) rings is 1. The van der Waals surface area contributed by atoms with Gasteiger partial charge in [-0.15, -0.1) is 0 Å². The second-order valence-corrected chi connectivity index (χ2v) is 9.97. The molecular formula is C28H33FN6O3. The molecule has 1 fully saturated rings. The van der Waals surface area contributed by atoms with Crippen LogP contribution >= 0.6 is 0 Å². The van der Waals surface area contributed by atoms with Crippen LogP contribution in [-0.4, -0.2) is 50.2 Å². The maximum atomic E-state index is 14.6. The van der Waals surface area contributed by atoms with Gasteiger partial charge in [0.25, 0.3) is 5.91 Å². The standard InChI is InChI=1S/C28H33FN6O3/c1-6-19(20-11-16(2)7-8-22(20)29)15-24(36)35-25(27(38)34(5)28-31-9-10-33(28)4)21(26(35)37)13-18-12-17(3)32-23(30)14-18/h7-12,14,19,21,25H,6,13,15H2,1-5H3,(H2,30,32)/t19-,21+,25-/m0/s1. The first-order chi connectivity index (χ1) is 18.0. The first-order valence-electron chi connectivity index (χ1n) is 12.6. The van der Waals surface area contributed by atoms with E-state index in [0.717, 1.165) is 16.0 Å². The van der Waals surface area contributed by atoms with Crippen molar-refractivity contribution in [3.05, 3.63) is 70.9 Å². The van der Waals surface area contributed by atoms with E-state index in [0.29, 0.717) is 29.4 Å². The van der Waals surface area contributed by atoms with Gasteiger partial charge >= 0.3 is 0 Å². The average molecular weight is 521 g/mol. The molecule has 3 atom stereocenters. The number of aryl methyl sites for hydroxylation is 3. The third kappa shape index (κ3) is 5.16. The van der Waals surface area contributed by atoms with Crippen molar-refractivity contribution in [2.75, 3.05) is 17.7 Å². The zero-order valence-corrected chi connectivity index (χ0v) is 22.3. The smallest absolute Gasteiger partial charge is 0.253 e. The highest BCUT2D eigenvalue weighted by Gasteiger charge is 2.55. The fraction of sp³-hybridized carbons (Fsp3) is 0.393. The Morgan fingerprint density at radius 1 is 1.21 bits per heavy atom. The van der Waals surface area contributed by atoms with Gasteiger partial charge in [0.15, 0.2) is 0 Å². The topological polar surface area (TPSA) is 114 Å². The number of aromatic nitrogens is 3. The van der Waals surface area contributed by atoms with Gasteiger partial charge in [-0.1, -0.05) is 24.6 Å². The number of rotatable bonds is 8. The number of nitrogen functional groups attached to an aromatic ring is 1. The van der Waals surface area contributed by atoms with Gasteiger partial charge in [0.05, 0.1) is 5.92 Å². The molecule has 200 valence electrons. The number of pyridine rings is 1. The summed E-state index contributed by atoms with van der Waals surface area (Å²) in [7, 11) is 3.32. The quantitative estimate of drug-likeness (QED) is 0.456. The first kappa shape index (κ1) is 27.0. The Morgan fingerprint density at radius 2 is 1.95 bits per heavy atom. The molecule has 3 amide bonds. The number of nitrogens with zero attached hydrogens (tertiary/aromatic N) is 5. The van der Waals surface area contributed by atoms with Gasteiger partial charge in [0, 0.05) is 38.6 Å². The Balaban J connectivity index is 1.63. The van der Waals surface area contributed by atoms with Gasteiger partial charge in [0.2, 0.25) is 17.8 Å². The maximum absolute atomic E-state index is 14.6. The molecule has 38 heavy (non-hydrogen) atoms. The Bertz CT molecular complexity index is 1370. The Labute approximate surface area is 221 Å². The summed E-state index contributed by atoms with van der Waals surface area (Å²) in [5.74, 6) is -2.24. The van der Waals surface area contributed by atoms with E-state index in [-0.39, 0.29) is 12.8 Å². The predicted octanol–water partition coefficient (Wildman–Crippen LogP) is 3.30. The number of imidazole rings is 1. The molecule has 1 aliphatic rings. The number of hydrogen-bond acceptors (Lipinski definition) is 6. The summed E-state index contributed by atoms with van der Waals surface area (Å²) in [6.45, 7) is 5.52. The lowest BCUT2D eigenvalue weighted by molar-refractivity contribution is -0.170. The molecule has 0 aliphatic carbocycles. The van der Waals surface area contributed by atoms with Crippen LogP contribution < -0.4 is 10.6 Å². The lowest BCUT2D eigenvalue weighted by Gasteiger charge is -2.46. The van der Waals surface area contributed by atoms with Crippen LogP contribution in [-0.2, 0) is 27.9 Å². The largest absolute Gasteiger partial charge is 0.384 e. The minimum absolute atomic E-state index is 0.0907. The van der Waals surface area contributed by atoms with Crippen molar-refractivity contribution in [1.29, 1.82) is 0 Å². The highest BCUT2D eigenvalue weighted by molar-refractivity contribution is 6.12. The molecule has 4 rings (SSSR count). The fourth-order valence-corrected chi connectivity index (χ4v) is 5.19. The normalized spacial score (nSPS) is 17.7. The molecule has 1 aliphatic heterocycles. The van der Waals surface area contributed by atoms with E-state index in [9.17, 15) is 18.8 Å². The van der Waals surface area contributed by atoms with E-state index in [4.69, 9.17) is 5.73 Å². The zero-order valence-electron chi connectivity index (χ0n) is 22.3. The van der Waals surface area contributed by atoms with Gasteiger partial charge in [-0.2, -0.15) is 0 Å². The summed E-state index contributed by atoms with van der Waals surface area (Å²) in [4.78, 5) is 51.4. The van der Waals surface area contributed by atoms with Gasteiger partial charge in [-0.25, -0.2) is 14.4 Å². The second kappa shape index (κ2) is 10.7. The number of likely N-dealkylation sites (tertiary alicyclic amines) is 1. The van der Waals surface area contributed by atoms with Gasteiger partial charge in [-0.3, -0.25) is 24.2 Å². The van der Waals surface area contributed by atoms with Crippen LogP contribution in [0, 0.1) is 25.6 Å². The van der Waals surface area contributed by atoms with Crippen LogP contribution in [0.1, 0.15) is 48.1 Å². The van der Waals surface area contributed by atoms with Crippen molar-refractivity contribution in [1.82, 2.24) is 19.4 Å². The summed E-state index contributed by atoms with van der Waals surface area (Å²) < 4.78 is 16.3. The number of benzene rings is 1. The summed E-state index contributed by atoms with van der Waals surface area (Å²) in [6.07, 6.45) is 3.91. The summed E-state index contributed by atoms with van der Waals surface area (Å²) in [6, 6.07) is 7.25. The number of imide groups is 1. The van der Waals surface area contributed by atoms with Crippen molar-refractivity contribution < 1.29 is 18.8 Å². The van der Waals surface area contributed by atoms with Crippen LogP contribution in [0.5, 0.6) is 0 Å². The van der Waals surface area contributed by atoms with E-state index in [2.05, 4.69) is 9.97 Å². The number of carbonyl (C=O) groups excluding carboxylic acids is 3. The Morgan fingerprint density at radius 3 is 2.58 bits per heavy atom. The highest BCUT2D eigenvalue weighted by atomic mass is 19.1. The first-order valence-corrected chi connectivity index (χ1v) is 12.6. The molecule has 3 heterocycles. The number of likely N-dealkylation sites (N-methyl/N-ethyl adjacent to an activating group) is 1. The third-order valence-electron chi connectivity index (χ3n) is 7.16. The number of halogens is 1. The molecule has 0 unspecified atom stereocenters. The number of amides is 3. The molecule has 0 radical (unpaired) electrons. The molecule has 1 aromatic carbocycles. The summed E-state index contributed by atoms with van der Waals surface area (Å²) in [5, 5.41) is 0. The number of hydrogen-bond donors (Lipinski definition) is 1. The van der Waals surface area contributed by atoms with Crippen LogP contribution in [0.3, 0.4) is 0 Å². The highest BCUT2D eigenvalue weighted by Crippen LogP contribution is 2.36. The van der Waals surface area contributed by atoms with Gasteiger partial charge < -0.3 is 10.3 Å². The van der Waals surface area contributed by atoms with E-state index in [1.165, 1.54) is 11.0 Å². The summed E-state index contributed by atoms with van der Waals surface area (Å²) in [5.41, 5.74) is 8.66. The second-order valence-electron chi connectivity index (χ2n) is 9.97. The van der Waals surface area contributed by atoms with Crippen LogP contribution in [0.25, 0.3) is 0 Å². The molecule has 1 saturated heterocycles. The summed E-state index contributed by atoms with van der Waals surface area (Å²) >= 11 is 0. The minimum Gasteiger partial charge on any atom is -0.384 e. The van der Waals surface area contributed by atoms with Crippen LogP contribution in [0.15, 0.2) is 42.7 Å². The van der Waals surface area contributed by atoms with Crippen molar-refractivity contribution >= 4 is 29.5 Å². The lowest BCUT2D eigenvalue weighted by Crippen LogP contribution is -2.69. The van der Waals surface area contributed by atoms with E-state index in [1.54, 1.807) is 56.2 Å². The average Bonchev–Trinajstić information content (AvgIpc) is 3.29. The van der Waals surface area contributed by atoms with Gasteiger partial charge in [-0.05, 0) is 61.9 Å². The Kier molecular flexibility index (Phi) is 7.61. The SMILES string of the molecule is CC[C@@H](CC(=O)N1C(=O)[C@H](Cc2cc(C)nc(N)c2)[C@H]1C(=O)N(C)c1nccn1C)c1cc(C)ccc1F.